The van der Waals surface area contributed by atoms with Crippen molar-refractivity contribution >= 4 is 46.2 Å². The van der Waals surface area contributed by atoms with Crippen LogP contribution in [0, 0.1) is 0 Å². The summed E-state index contributed by atoms with van der Waals surface area (Å²) in [5, 5.41) is 5.34. The van der Waals surface area contributed by atoms with E-state index in [9.17, 15) is 0 Å². The first-order valence-electron chi connectivity index (χ1n) is 4.62. The predicted molar refractivity (Wildman–Crippen MR) is 73.2 cm³/mol. The van der Waals surface area contributed by atoms with Crippen molar-refractivity contribution in [1.29, 1.82) is 0 Å². The van der Waals surface area contributed by atoms with Crippen molar-refractivity contribution in [1.82, 2.24) is 5.43 Å². The van der Waals surface area contributed by atoms with Crippen LogP contribution in [0.1, 0.15) is 18.9 Å². The van der Waals surface area contributed by atoms with E-state index in [1.165, 1.54) is 0 Å². The maximum absolute atomic E-state index is 6.06. The van der Waals surface area contributed by atoms with Crippen LogP contribution in [0.25, 0.3) is 0 Å². The van der Waals surface area contributed by atoms with E-state index < -0.39 is 0 Å². The monoisotopic (exact) mass is 275 g/mol. The molecule has 0 spiro atoms. The Hall–Kier alpha value is -0.840. The Kier molecular flexibility index (Phi) is 4.99. The van der Waals surface area contributed by atoms with Gasteiger partial charge in [-0.2, -0.15) is 5.10 Å². The number of hydrogen-bond acceptors (Lipinski definition) is 2. The van der Waals surface area contributed by atoms with Crippen LogP contribution in [0.3, 0.4) is 0 Å². The summed E-state index contributed by atoms with van der Waals surface area (Å²) in [6.45, 7) is 1.96. The minimum absolute atomic E-state index is 0.121. The molecule has 0 aliphatic rings. The summed E-state index contributed by atoms with van der Waals surface area (Å²) in [5.41, 5.74) is 9.43. The van der Waals surface area contributed by atoms with Crippen LogP contribution in [-0.2, 0) is 0 Å². The number of benzene rings is 1. The number of hydrogen-bond donors (Lipinski definition) is 2. The summed E-state index contributed by atoms with van der Waals surface area (Å²) in [4.78, 5) is 0. The molecule has 0 saturated carbocycles. The van der Waals surface area contributed by atoms with Gasteiger partial charge in [0.1, 0.15) is 0 Å². The average Bonchev–Trinajstić information content (AvgIpc) is 2.21. The lowest BCUT2D eigenvalue weighted by atomic mass is 10.1. The quantitative estimate of drug-likeness (QED) is 0.507. The van der Waals surface area contributed by atoms with E-state index >= 15 is 0 Å². The van der Waals surface area contributed by atoms with Gasteiger partial charge >= 0.3 is 0 Å². The molecule has 86 valence electrons. The lowest BCUT2D eigenvalue weighted by molar-refractivity contribution is 1.01. The molecular formula is C10H11Cl2N3S. The molecule has 16 heavy (non-hydrogen) atoms. The third-order valence-corrected chi connectivity index (χ3v) is 2.52. The number of thiocarbonyl (C=S) groups is 1. The number of rotatable bonds is 3. The second-order valence-corrected chi connectivity index (χ2v) is 4.30. The summed E-state index contributed by atoms with van der Waals surface area (Å²) >= 11 is 16.5. The van der Waals surface area contributed by atoms with Gasteiger partial charge in [-0.25, -0.2) is 0 Å². The molecule has 0 unspecified atom stereocenters. The van der Waals surface area contributed by atoms with Crippen LogP contribution in [0.2, 0.25) is 10.0 Å². The zero-order chi connectivity index (χ0) is 12.1. The molecule has 0 bridgehead atoms. The Morgan fingerprint density at radius 3 is 2.69 bits per heavy atom. The molecule has 0 atom stereocenters. The van der Waals surface area contributed by atoms with Gasteiger partial charge in [0.15, 0.2) is 5.11 Å². The highest BCUT2D eigenvalue weighted by Gasteiger charge is 2.07. The Bertz CT molecular complexity index is 432. The Labute approximate surface area is 110 Å². The fourth-order valence-electron chi connectivity index (χ4n) is 1.18. The van der Waals surface area contributed by atoms with E-state index in [1.807, 2.05) is 13.0 Å². The summed E-state index contributed by atoms with van der Waals surface area (Å²) in [6, 6.07) is 5.24. The molecule has 1 aromatic rings. The van der Waals surface area contributed by atoms with Crippen LogP contribution >= 0.6 is 35.4 Å². The second-order valence-electron chi connectivity index (χ2n) is 3.01. The van der Waals surface area contributed by atoms with Crippen LogP contribution in [-0.4, -0.2) is 10.8 Å². The molecule has 0 aliphatic heterocycles. The summed E-state index contributed by atoms with van der Waals surface area (Å²) in [5.74, 6) is 0. The van der Waals surface area contributed by atoms with Gasteiger partial charge in [-0.05, 0) is 30.8 Å². The van der Waals surface area contributed by atoms with Crippen molar-refractivity contribution in [3.05, 3.63) is 33.8 Å². The largest absolute Gasteiger partial charge is 0.375 e. The van der Waals surface area contributed by atoms with Gasteiger partial charge in [0.2, 0.25) is 0 Å². The van der Waals surface area contributed by atoms with Gasteiger partial charge in [-0.15, -0.1) is 0 Å². The molecule has 0 radical (unpaired) electrons. The van der Waals surface area contributed by atoms with Crippen LogP contribution < -0.4 is 11.2 Å². The molecule has 0 amide bonds. The maximum Gasteiger partial charge on any atom is 0.184 e. The number of halogens is 2. The Morgan fingerprint density at radius 2 is 2.19 bits per heavy atom. The van der Waals surface area contributed by atoms with Crippen molar-refractivity contribution in [3.63, 3.8) is 0 Å². The second kappa shape index (κ2) is 6.03. The molecule has 0 fully saturated rings. The van der Waals surface area contributed by atoms with E-state index in [0.29, 0.717) is 16.5 Å². The number of hydrazone groups is 1. The zero-order valence-corrected chi connectivity index (χ0v) is 11.0. The molecule has 1 aromatic carbocycles. The molecule has 1 rings (SSSR count). The maximum atomic E-state index is 6.06. The van der Waals surface area contributed by atoms with E-state index in [-0.39, 0.29) is 5.11 Å². The van der Waals surface area contributed by atoms with Crippen molar-refractivity contribution in [2.75, 3.05) is 0 Å². The third kappa shape index (κ3) is 3.63. The minimum atomic E-state index is 0.121. The minimum Gasteiger partial charge on any atom is -0.375 e. The molecule has 3 nitrogen and oxygen atoms in total. The first-order valence-corrected chi connectivity index (χ1v) is 5.78. The smallest absolute Gasteiger partial charge is 0.184 e. The lowest BCUT2D eigenvalue weighted by Crippen LogP contribution is -2.25. The van der Waals surface area contributed by atoms with Crippen LogP contribution in [0.5, 0.6) is 0 Å². The molecule has 3 N–H and O–H groups in total. The molecule has 6 heteroatoms. The van der Waals surface area contributed by atoms with Crippen molar-refractivity contribution in [2.24, 2.45) is 10.8 Å². The van der Waals surface area contributed by atoms with Crippen molar-refractivity contribution in [2.45, 2.75) is 13.3 Å². The average molecular weight is 276 g/mol. The fraction of sp³-hybridized carbons (Fsp3) is 0.200. The van der Waals surface area contributed by atoms with E-state index in [4.69, 9.17) is 28.9 Å². The first kappa shape index (κ1) is 13.2. The van der Waals surface area contributed by atoms with Crippen LogP contribution in [0.15, 0.2) is 23.3 Å². The first-order chi connectivity index (χ1) is 7.54. The highest BCUT2D eigenvalue weighted by atomic mass is 35.5. The summed E-state index contributed by atoms with van der Waals surface area (Å²) in [7, 11) is 0. The van der Waals surface area contributed by atoms with Gasteiger partial charge in [-0.3, -0.25) is 5.43 Å². The molecule has 0 heterocycles. The highest BCUT2D eigenvalue weighted by molar-refractivity contribution is 7.80. The Morgan fingerprint density at radius 1 is 1.50 bits per heavy atom. The molecule has 0 aliphatic carbocycles. The third-order valence-electron chi connectivity index (χ3n) is 1.88. The normalized spacial score (nSPS) is 11.3. The topological polar surface area (TPSA) is 50.4 Å². The molecule has 0 aromatic heterocycles. The number of nitrogens with two attached hydrogens (primary N) is 1. The standard InChI is InChI=1S/C10H11Cl2N3S/c1-2-9(14-15-10(13)16)7-4-3-6(11)5-8(7)12/h3-5H,2H2,1H3,(H3,13,15,16). The lowest BCUT2D eigenvalue weighted by Gasteiger charge is -2.07. The zero-order valence-electron chi connectivity index (χ0n) is 8.63. The van der Waals surface area contributed by atoms with Crippen LogP contribution in [0.4, 0.5) is 0 Å². The van der Waals surface area contributed by atoms with Gasteiger partial charge in [-0.1, -0.05) is 36.2 Å². The summed E-state index contributed by atoms with van der Waals surface area (Å²) < 4.78 is 0. The predicted octanol–water partition coefficient (Wildman–Crippen LogP) is 2.94. The van der Waals surface area contributed by atoms with Crippen molar-refractivity contribution < 1.29 is 0 Å². The fourth-order valence-corrected chi connectivity index (χ4v) is 1.74. The van der Waals surface area contributed by atoms with E-state index in [2.05, 4.69) is 22.7 Å². The Balaban J connectivity index is 3.04. The van der Waals surface area contributed by atoms with Crippen molar-refractivity contribution in [3.8, 4) is 0 Å². The van der Waals surface area contributed by atoms with E-state index in [1.54, 1.807) is 12.1 Å². The summed E-state index contributed by atoms with van der Waals surface area (Å²) in [6.07, 6.45) is 0.705. The van der Waals surface area contributed by atoms with Gasteiger partial charge in [0.25, 0.3) is 0 Å². The SMILES string of the molecule is CCC(=NNC(N)=S)c1ccc(Cl)cc1Cl. The van der Waals surface area contributed by atoms with Gasteiger partial charge in [0, 0.05) is 10.6 Å². The van der Waals surface area contributed by atoms with Gasteiger partial charge < -0.3 is 5.73 Å². The number of nitrogens with zero attached hydrogens (tertiary/aromatic N) is 1. The van der Waals surface area contributed by atoms with Gasteiger partial charge in [0.05, 0.1) is 10.7 Å². The van der Waals surface area contributed by atoms with E-state index in [0.717, 1.165) is 11.3 Å². The number of nitrogens with one attached hydrogen (secondary N) is 1. The molecular weight excluding hydrogens is 265 g/mol. The molecule has 0 saturated heterocycles. The highest BCUT2D eigenvalue weighted by Crippen LogP contribution is 2.22.